The molecule has 1 aliphatic heterocycles. The second-order valence-corrected chi connectivity index (χ2v) is 5.03. The number of benzene rings is 1. The third kappa shape index (κ3) is 2.50. The van der Waals surface area contributed by atoms with E-state index in [0.29, 0.717) is 5.92 Å². The topological polar surface area (TPSA) is 35.8 Å². The number of hydrogen-bond donors (Lipinski definition) is 1. The fraction of sp³-hybridized carbons (Fsp3) is 0.417. The molecular weight excluding hydrogens is 299 g/mol. The molecule has 0 atom stereocenters. The monoisotopic (exact) mass is 312 g/mol. The number of nitrogens with one attached hydrogen (secondary N) is 1. The van der Waals surface area contributed by atoms with E-state index in [1.54, 1.807) is 0 Å². The molecular formula is C12H13IN2. The fourth-order valence-electron chi connectivity index (χ4n) is 2.06. The van der Waals surface area contributed by atoms with Gasteiger partial charge in [0.05, 0.1) is 11.6 Å². The van der Waals surface area contributed by atoms with Crippen LogP contribution in [-0.2, 0) is 0 Å². The predicted octanol–water partition coefficient (Wildman–Crippen LogP) is 2.63. The van der Waals surface area contributed by atoms with Crippen molar-refractivity contribution in [1.82, 2.24) is 5.32 Å². The maximum absolute atomic E-state index is 8.89. The molecule has 1 aliphatic rings. The number of nitriles is 1. The molecule has 0 aromatic heterocycles. The van der Waals surface area contributed by atoms with E-state index in [0.717, 1.165) is 18.7 Å². The molecule has 0 aliphatic carbocycles. The molecule has 1 saturated heterocycles. The van der Waals surface area contributed by atoms with Gasteiger partial charge in [0.15, 0.2) is 0 Å². The van der Waals surface area contributed by atoms with E-state index in [4.69, 9.17) is 5.26 Å². The van der Waals surface area contributed by atoms with Gasteiger partial charge in [-0.2, -0.15) is 5.26 Å². The lowest BCUT2D eigenvalue weighted by Crippen LogP contribution is -2.27. The molecule has 3 heteroatoms. The van der Waals surface area contributed by atoms with Gasteiger partial charge in [-0.1, -0.05) is 0 Å². The third-order valence-corrected chi connectivity index (χ3v) is 3.89. The van der Waals surface area contributed by atoms with Crippen molar-refractivity contribution in [1.29, 1.82) is 5.26 Å². The Balaban J connectivity index is 2.29. The Hall–Kier alpha value is -0.600. The van der Waals surface area contributed by atoms with E-state index >= 15 is 0 Å². The van der Waals surface area contributed by atoms with E-state index in [1.165, 1.54) is 22.0 Å². The molecule has 0 unspecified atom stereocenters. The van der Waals surface area contributed by atoms with Crippen LogP contribution >= 0.6 is 22.6 Å². The summed E-state index contributed by atoms with van der Waals surface area (Å²) in [6.07, 6.45) is 2.37. The van der Waals surface area contributed by atoms with Gasteiger partial charge in [0.1, 0.15) is 0 Å². The van der Waals surface area contributed by atoms with Crippen molar-refractivity contribution in [3.8, 4) is 6.07 Å². The lowest BCUT2D eigenvalue weighted by atomic mass is 9.89. The van der Waals surface area contributed by atoms with Gasteiger partial charge in [0, 0.05) is 3.57 Å². The summed E-state index contributed by atoms with van der Waals surface area (Å²) in [5.41, 5.74) is 2.14. The Morgan fingerprint density at radius 1 is 1.33 bits per heavy atom. The maximum atomic E-state index is 8.89. The minimum atomic E-state index is 0.631. The summed E-state index contributed by atoms with van der Waals surface area (Å²) in [7, 11) is 0. The maximum Gasteiger partial charge on any atom is 0.0991 e. The van der Waals surface area contributed by atoms with E-state index in [-0.39, 0.29) is 0 Å². The molecule has 0 bridgehead atoms. The van der Waals surface area contributed by atoms with Gasteiger partial charge in [-0.25, -0.2) is 0 Å². The fourth-order valence-corrected chi connectivity index (χ4v) is 2.83. The van der Waals surface area contributed by atoms with Crippen molar-refractivity contribution >= 4 is 22.6 Å². The predicted molar refractivity (Wildman–Crippen MR) is 68.7 cm³/mol. The van der Waals surface area contributed by atoms with Crippen LogP contribution in [0.5, 0.6) is 0 Å². The molecule has 78 valence electrons. The minimum Gasteiger partial charge on any atom is -0.317 e. The molecule has 0 radical (unpaired) electrons. The first kappa shape index (κ1) is 10.9. The van der Waals surface area contributed by atoms with E-state index in [2.05, 4.69) is 46.1 Å². The Morgan fingerprint density at radius 2 is 2.07 bits per heavy atom. The third-order valence-electron chi connectivity index (χ3n) is 2.90. The lowest BCUT2D eigenvalue weighted by Gasteiger charge is -2.24. The molecule has 2 rings (SSSR count). The van der Waals surface area contributed by atoms with Crippen LogP contribution in [0.3, 0.4) is 0 Å². The molecule has 1 aromatic rings. The van der Waals surface area contributed by atoms with Crippen molar-refractivity contribution in [2.24, 2.45) is 0 Å². The summed E-state index contributed by atoms with van der Waals surface area (Å²) in [5.74, 6) is 0.631. The highest BCUT2D eigenvalue weighted by Crippen LogP contribution is 2.29. The molecule has 2 nitrogen and oxygen atoms in total. The molecule has 0 saturated carbocycles. The zero-order chi connectivity index (χ0) is 10.7. The number of halogens is 1. The Morgan fingerprint density at radius 3 is 2.73 bits per heavy atom. The molecule has 1 heterocycles. The van der Waals surface area contributed by atoms with Crippen molar-refractivity contribution < 1.29 is 0 Å². The van der Waals surface area contributed by atoms with E-state index in [9.17, 15) is 0 Å². The van der Waals surface area contributed by atoms with Gasteiger partial charge in [0.25, 0.3) is 0 Å². The van der Waals surface area contributed by atoms with Crippen LogP contribution in [0, 0.1) is 14.9 Å². The van der Waals surface area contributed by atoms with Crippen molar-refractivity contribution in [3.63, 3.8) is 0 Å². The zero-order valence-electron chi connectivity index (χ0n) is 8.46. The average Bonchev–Trinajstić information content (AvgIpc) is 2.31. The largest absolute Gasteiger partial charge is 0.317 e. The standard InChI is InChI=1S/C12H13IN2/c13-12-2-1-9(8-14)7-11(12)10-3-5-15-6-4-10/h1-2,7,10,15H,3-6H2. The highest BCUT2D eigenvalue weighted by Gasteiger charge is 2.17. The van der Waals surface area contributed by atoms with Crippen LogP contribution in [0.15, 0.2) is 18.2 Å². The first-order valence-electron chi connectivity index (χ1n) is 5.21. The van der Waals surface area contributed by atoms with Crippen molar-refractivity contribution in [3.05, 3.63) is 32.9 Å². The number of nitrogens with zero attached hydrogens (tertiary/aromatic N) is 1. The molecule has 0 amide bonds. The summed E-state index contributed by atoms with van der Waals surface area (Å²) < 4.78 is 1.29. The van der Waals surface area contributed by atoms with Gasteiger partial charge in [0.2, 0.25) is 0 Å². The molecule has 1 fully saturated rings. The molecule has 1 N–H and O–H groups in total. The summed E-state index contributed by atoms with van der Waals surface area (Å²) in [5, 5.41) is 12.3. The lowest BCUT2D eigenvalue weighted by molar-refractivity contribution is 0.459. The van der Waals surface area contributed by atoms with Gasteiger partial charge >= 0.3 is 0 Å². The number of rotatable bonds is 1. The van der Waals surface area contributed by atoms with Crippen LogP contribution in [0.4, 0.5) is 0 Å². The van der Waals surface area contributed by atoms with Gasteiger partial charge in [-0.05, 0) is 78.2 Å². The van der Waals surface area contributed by atoms with Crippen molar-refractivity contribution in [2.45, 2.75) is 18.8 Å². The average molecular weight is 312 g/mol. The molecule has 0 spiro atoms. The van der Waals surface area contributed by atoms with Crippen molar-refractivity contribution in [2.75, 3.05) is 13.1 Å². The molecule has 15 heavy (non-hydrogen) atoms. The Bertz CT molecular complexity index is 389. The second-order valence-electron chi connectivity index (χ2n) is 3.87. The summed E-state index contributed by atoms with van der Waals surface area (Å²) in [4.78, 5) is 0. The molecule has 1 aromatic carbocycles. The summed E-state index contributed by atoms with van der Waals surface area (Å²) >= 11 is 2.37. The van der Waals surface area contributed by atoms with Gasteiger partial charge in [-0.3, -0.25) is 0 Å². The smallest absolute Gasteiger partial charge is 0.0991 e. The first-order chi connectivity index (χ1) is 7.31. The Labute approximate surface area is 104 Å². The summed E-state index contributed by atoms with van der Waals surface area (Å²) in [6.45, 7) is 2.19. The zero-order valence-corrected chi connectivity index (χ0v) is 10.6. The van der Waals surface area contributed by atoms with Crippen LogP contribution < -0.4 is 5.32 Å². The van der Waals surface area contributed by atoms with Crippen LogP contribution in [0.1, 0.15) is 29.9 Å². The highest BCUT2D eigenvalue weighted by molar-refractivity contribution is 14.1. The number of hydrogen-bond acceptors (Lipinski definition) is 2. The van der Waals surface area contributed by atoms with Crippen LogP contribution in [0.2, 0.25) is 0 Å². The van der Waals surface area contributed by atoms with Gasteiger partial charge < -0.3 is 5.32 Å². The normalized spacial score (nSPS) is 17.3. The summed E-state index contributed by atoms with van der Waals surface area (Å²) in [6, 6.07) is 8.22. The SMILES string of the molecule is N#Cc1ccc(I)c(C2CCNCC2)c1. The van der Waals surface area contributed by atoms with Crippen LogP contribution in [-0.4, -0.2) is 13.1 Å². The Kier molecular flexibility index (Phi) is 3.60. The van der Waals surface area contributed by atoms with E-state index < -0.39 is 0 Å². The van der Waals surface area contributed by atoms with Crippen LogP contribution in [0.25, 0.3) is 0 Å². The second kappa shape index (κ2) is 4.95. The van der Waals surface area contributed by atoms with Gasteiger partial charge in [-0.15, -0.1) is 0 Å². The minimum absolute atomic E-state index is 0.631. The number of piperidine rings is 1. The first-order valence-corrected chi connectivity index (χ1v) is 6.29. The van der Waals surface area contributed by atoms with E-state index in [1.807, 2.05) is 6.07 Å². The quantitative estimate of drug-likeness (QED) is 0.809. The highest BCUT2D eigenvalue weighted by atomic mass is 127.